The highest BCUT2D eigenvalue weighted by atomic mass is 16.1. The van der Waals surface area contributed by atoms with Gasteiger partial charge in [0.15, 0.2) is 0 Å². The summed E-state index contributed by atoms with van der Waals surface area (Å²) in [5, 5.41) is 5.92. The Labute approximate surface area is 79.7 Å². The summed E-state index contributed by atoms with van der Waals surface area (Å²) in [6.45, 7) is 3.53. The highest BCUT2D eigenvalue weighted by Crippen LogP contribution is 2.13. The average Bonchev–Trinajstić information content (AvgIpc) is 2.52. The smallest absolute Gasteiger partial charge is 0.224 e. The van der Waals surface area contributed by atoms with Crippen LogP contribution in [0.15, 0.2) is 0 Å². The van der Waals surface area contributed by atoms with Crippen molar-refractivity contribution in [1.29, 1.82) is 0 Å². The van der Waals surface area contributed by atoms with Crippen LogP contribution in [0.1, 0.15) is 6.42 Å². The van der Waals surface area contributed by atoms with Crippen molar-refractivity contribution in [3.05, 3.63) is 0 Å². The quantitative estimate of drug-likeness (QED) is 0.568. The molecule has 1 aliphatic rings. The van der Waals surface area contributed by atoms with Crippen LogP contribution in [-0.4, -0.2) is 51.1 Å². The molecule has 1 amide bonds. The van der Waals surface area contributed by atoms with Crippen molar-refractivity contribution >= 4 is 5.91 Å². The van der Waals surface area contributed by atoms with Crippen molar-refractivity contribution < 1.29 is 4.79 Å². The number of hydrogen-bond acceptors (Lipinski definition) is 3. The van der Waals surface area contributed by atoms with Crippen LogP contribution < -0.4 is 10.6 Å². The zero-order valence-corrected chi connectivity index (χ0v) is 8.47. The van der Waals surface area contributed by atoms with E-state index in [0.29, 0.717) is 0 Å². The number of carbonyl (C=O) groups excluding carboxylic acids is 1. The fourth-order valence-electron chi connectivity index (χ4n) is 1.60. The van der Waals surface area contributed by atoms with Gasteiger partial charge in [0.05, 0.1) is 5.92 Å². The summed E-state index contributed by atoms with van der Waals surface area (Å²) < 4.78 is 0. The SMILES string of the molecule is CNCCNC(=O)C1CCN(C)C1. The highest BCUT2D eigenvalue weighted by molar-refractivity contribution is 5.79. The van der Waals surface area contributed by atoms with Gasteiger partial charge in [0.2, 0.25) is 5.91 Å². The molecule has 4 heteroatoms. The molecule has 1 aliphatic heterocycles. The van der Waals surface area contributed by atoms with Crippen LogP contribution in [0, 0.1) is 5.92 Å². The first-order valence-corrected chi connectivity index (χ1v) is 4.85. The van der Waals surface area contributed by atoms with Gasteiger partial charge < -0.3 is 15.5 Å². The molecule has 0 radical (unpaired) electrons. The lowest BCUT2D eigenvalue weighted by molar-refractivity contribution is -0.124. The summed E-state index contributed by atoms with van der Waals surface area (Å²) in [5.74, 6) is 0.418. The van der Waals surface area contributed by atoms with E-state index in [0.717, 1.165) is 32.6 Å². The Morgan fingerprint density at radius 2 is 2.31 bits per heavy atom. The molecule has 2 N–H and O–H groups in total. The Bertz CT molecular complexity index is 172. The Morgan fingerprint density at radius 3 is 2.85 bits per heavy atom. The summed E-state index contributed by atoms with van der Waals surface area (Å²) in [6, 6.07) is 0. The second-order valence-corrected chi connectivity index (χ2v) is 3.64. The largest absolute Gasteiger partial charge is 0.355 e. The minimum atomic E-state index is 0.208. The number of likely N-dealkylation sites (N-methyl/N-ethyl adjacent to an activating group) is 1. The van der Waals surface area contributed by atoms with E-state index in [9.17, 15) is 4.79 Å². The van der Waals surface area contributed by atoms with Crippen molar-refractivity contribution in [2.24, 2.45) is 5.92 Å². The molecule has 0 bridgehead atoms. The zero-order chi connectivity index (χ0) is 9.68. The molecular formula is C9H19N3O. The summed E-state index contributed by atoms with van der Waals surface area (Å²) in [5.41, 5.74) is 0. The van der Waals surface area contributed by atoms with E-state index < -0.39 is 0 Å². The Morgan fingerprint density at radius 1 is 1.54 bits per heavy atom. The Kier molecular flexibility index (Phi) is 4.18. The lowest BCUT2D eigenvalue weighted by Gasteiger charge is -2.10. The molecule has 76 valence electrons. The molecule has 0 aliphatic carbocycles. The molecule has 1 unspecified atom stereocenters. The summed E-state index contributed by atoms with van der Waals surface area (Å²) in [7, 11) is 3.94. The third kappa shape index (κ3) is 3.32. The number of nitrogens with zero attached hydrogens (tertiary/aromatic N) is 1. The number of nitrogens with one attached hydrogen (secondary N) is 2. The van der Waals surface area contributed by atoms with E-state index in [1.54, 1.807) is 0 Å². The fraction of sp³-hybridized carbons (Fsp3) is 0.889. The number of likely N-dealkylation sites (tertiary alicyclic amines) is 1. The van der Waals surface area contributed by atoms with E-state index in [1.807, 2.05) is 7.05 Å². The van der Waals surface area contributed by atoms with Crippen LogP contribution in [0.2, 0.25) is 0 Å². The minimum Gasteiger partial charge on any atom is -0.355 e. The van der Waals surface area contributed by atoms with Crippen molar-refractivity contribution in [1.82, 2.24) is 15.5 Å². The summed E-state index contributed by atoms with van der Waals surface area (Å²) >= 11 is 0. The molecule has 1 atom stereocenters. The first-order valence-electron chi connectivity index (χ1n) is 4.85. The van der Waals surface area contributed by atoms with Gasteiger partial charge in [-0.1, -0.05) is 0 Å². The predicted octanol–water partition coefficient (Wildman–Crippen LogP) is -0.726. The zero-order valence-electron chi connectivity index (χ0n) is 8.47. The first kappa shape index (κ1) is 10.5. The van der Waals surface area contributed by atoms with E-state index in [1.165, 1.54) is 0 Å². The van der Waals surface area contributed by atoms with Crippen molar-refractivity contribution in [3.8, 4) is 0 Å². The van der Waals surface area contributed by atoms with Gasteiger partial charge in [-0.05, 0) is 27.1 Å². The molecule has 13 heavy (non-hydrogen) atoms. The van der Waals surface area contributed by atoms with E-state index >= 15 is 0 Å². The first-order chi connectivity index (χ1) is 6.24. The summed E-state index contributed by atoms with van der Waals surface area (Å²) in [6.07, 6.45) is 1.00. The van der Waals surface area contributed by atoms with Gasteiger partial charge in [-0.2, -0.15) is 0 Å². The fourth-order valence-corrected chi connectivity index (χ4v) is 1.60. The summed E-state index contributed by atoms with van der Waals surface area (Å²) in [4.78, 5) is 13.7. The molecule has 1 heterocycles. The molecule has 1 rings (SSSR count). The maximum absolute atomic E-state index is 11.5. The predicted molar refractivity (Wildman–Crippen MR) is 52.5 cm³/mol. The van der Waals surface area contributed by atoms with Crippen LogP contribution in [0.5, 0.6) is 0 Å². The van der Waals surface area contributed by atoms with E-state index in [-0.39, 0.29) is 11.8 Å². The molecule has 1 saturated heterocycles. The molecular weight excluding hydrogens is 166 g/mol. The molecule has 0 aromatic heterocycles. The van der Waals surface area contributed by atoms with E-state index in [2.05, 4.69) is 22.6 Å². The normalized spacial score (nSPS) is 23.4. The van der Waals surface area contributed by atoms with E-state index in [4.69, 9.17) is 0 Å². The molecule has 4 nitrogen and oxygen atoms in total. The molecule has 0 aromatic rings. The van der Waals surface area contributed by atoms with Crippen molar-refractivity contribution in [3.63, 3.8) is 0 Å². The van der Waals surface area contributed by atoms with Crippen molar-refractivity contribution in [2.75, 3.05) is 40.3 Å². The monoisotopic (exact) mass is 185 g/mol. The van der Waals surface area contributed by atoms with Crippen LogP contribution in [0.3, 0.4) is 0 Å². The minimum absolute atomic E-state index is 0.208. The number of hydrogen-bond donors (Lipinski definition) is 2. The topological polar surface area (TPSA) is 44.4 Å². The van der Waals surface area contributed by atoms with Crippen LogP contribution in [0.25, 0.3) is 0 Å². The third-order valence-corrected chi connectivity index (χ3v) is 2.44. The Balaban J connectivity index is 2.16. The van der Waals surface area contributed by atoms with Crippen molar-refractivity contribution in [2.45, 2.75) is 6.42 Å². The standard InChI is InChI=1S/C9H19N3O/c1-10-4-5-11-9(13)8-3-6-12(2)7-8/h8,10H,3-7H2,1-2H3,(H,11,13). The van der Waals surface area contributed by atoms with Gasteiger partial charge in [0.25, 0.3) is 0 Å². The maximum Gasteiger partial charge on any atom is 0.224 e. The number of amides is 1. The molecule has 1 fully saturated rings. The van der Waals surface area contributed by atoms with Gasteiger partial charge in [0.1, 0.15) is 0 Å². The van der Waals surface area contributed by atoms with Gasteiger partial charge in [-0.25, -0.2) is 0 Å². The number of carbonyl (C=O) groups is 1. The Hall–Kier alpha value is -0.610. The van der Waals surface area contributed by atoms with Crippen LogP contribution in [-0.2, 0) is 4.79 Å². The van der Waals surface area contributed by atoms with Gasteiger partial charge in [0, 0.05) is 19.6 Å². The number of rotatable bonds is 4. The van der Waals surface area contributed by atoms with Crippen LogP contribution >= 0.6 is 0 Å². The lowest BCUT2D eigenvalue weighted by atomic mass is 10.1. The van der Waals surface area contributed by atoms with Gasteiger partial charge in [-0.3, -0.25) is 4.79 Å². The van der Waals surface area contributed by atoms with Gasteiger partial charge >= 0.3 is 0 Å². The third-order valence-electron chi connectivity index (χ3n) is 2.44. The second-order valence-electron chi connectivity index (χ2n) is 3.64. The lowest BCUT2D eigenvalue weighted by Crippen LogP contribution is -2.36. The highest BCUT2D eigenvalue weighted by Gasteiger charge is 2.25. The van der Waals surface area contributed by atoms with Gasteiger partial charge in [-0.15, -0.1) is 0 Å². The van der Waals surface area contributed by atoms with Crippen LogP contribution in [0.4, 0.5) is 0 Å². The second kappa shape index (κ2) is 5.19. The maximum atomic E-state index is 11.5. The molecule has 0 spiro atoms. The molecule has 0 aromatic carbocycles. The average molecular weight is 185 g/mol. The molecule has 0 saturated carbocycles.